The van der Waals surface area contributed by atoms with E-state index in [-0.39, 0.29) is 30.2 Å². The minimum Gasteiger partial charge on any atom is -0.487 e. The number of nitrogens with one attached hydrogen (secondary N) is 2. The number of carboxylic acids is 1. The van der Waals surface area contributed by atoms with Crippen LogP contribution in [-0.4, -0.2) is 61.4 Å². The first-order valence-corrected chi connectivity index (χ1v) is 16.3. The number of carboxylic acid groups (broad SMARTS) is 1. The number of alkyl carbamates (subject to hydrolysis) is 1. The number of hydrogen-bond donors (Lipinski definition) is 5. The van der Waals surface area contributed by atoms with Gasteiger partial charge in [0, 0.05) is 24.6 Å². The quantitative estimate of drug-likeness (QED) is 0.161. The second kappa shape index (κ2) is 14.6. The average molecular weight is 626 g/mol. The van der Waals surface area contributed by atoms with Crippen molar-refractivity contribution in [3.05, 3.63) is 22.3 Å². The first kappa shape index (κ1) is 36.1. The third kappa shape index (κ3) is 10.9. The van der Waals surface area contributed by atoms with Crippen molar-refractivity contribution in [1.29, 1.82) is 0 Å². The number of hydrogen-bond acceptors (Lipinski definition) is 8. The molecule has 0 bridgehead atoms. The third-order valence-corrected chi connectivity index (χ3v) is 9.00. The number of carbonyl (C=O) groups excluding carboxylic acids is 1. The molecule has 1 amide bonds. The van der Waals surface area contributed by atoms with Crippen LogP contribution in [0, 0.1) is 20.8 Å². The maximum Gasteiger partial charge on any atom is 0.408 e. The first-order chi connectivity index (χ1) is 19.7. The van der Waals surface area contributed by atoms with Crippen molar-refractivity contribution in [2.75, 3.05) is 6.54 Å². The minimum absolute atomic E-state index is 0.0517. The Labute approximate surface area is 256 Å². The van der Waals surface area contributed by atoms with Crippen LogP contribution in [0.4, 0.5) is 4.79 Å². The van der Waals surface area contributed by atoms with Crippen molar-refractivity contribution in [3.63, 3.8) is 0 Å². The van der Waals surface area contributed by atoms with Gasteiger partial charge in [0.2, 0.25) is 5.96 Å². The number of sulfonamides is 1. The van der Waals surface area contributed by atoms with Crippen molar-refractivity contribution >= 4 is 28.0 Å². The summed E-state index contributed by atoms with van der Waals surface area (Å²) in [5.74, 6) is -0.803. The van der Waals surface area contributed by atoms with Gasteiger partial charge in [0.15, 0.2) is 0 Å². The molecule has 7 N–H and O–H groups in total. The average Bonchev–Trinajstić information content (AvgIpc) is 3.19. The van der Waals surface area contributed by atoms with Gasteiger partial charge >= 0.3 is 12.1 Å². The van der Waals surface area contributed by atoms with E-state index in [1.165, 1.54) is 32.1 Å². The SMILES string of the molecule is Cc1c(C)c(S(=O)(=O)NC(N)=NCCC[C@H](NC(=O)OC(C)(C)C)C(=O)O)c(C)c2c1OC(C)(C)C2.NC1CCCCC1. The molecule has 1 aromatic rings. The van der Waals surface area contributed by atoms with Crippen LogP contribution in [0.25, 0.3) is 0 Å². The Morgan fingerprint density at radius 2 is 1.72 bits per heavy atom. The fraction of sp³-hybridized carbons (Fsp3) is 0.700. The lowest BCUT2D eigenvalue weighted by molar-refractivity contribution is -0.139. The van der Waals surface area contributed by atoms with Crippen molar-refractivity contribution in [1.82, 2.24) is 10.0 Å². The van der Waals surface area contributed by atoms with Crippen LogP contribution in [-0.2, 0) is 26.0 Å². The smallest absolute Gasteiger partial charge is 0.408 e. The fourth-order valence-corrected chi connectivity index (χ4v) is 6.73. The van der Waals surface area contributed by atoms with E-state index in [1.807, 2.05) is 20.8 Å². The molecular formula is C30H51N5O7S. The summed E-state index contributed by atoms with van der Waals surface area (Å²) in [7, 11) is -4.03. The largest absolute Gasteiger partial charge is 0.487 e. The highest BCUT2D eigenvalue weighted by Gasteiger charge is 2.36. The summed E-state index contributed by atoms with van der Waals surface area (Å²) in [6, 6.07) is -0.645. The summed E-state index contributed by atoms with van der Waals surface area (Å²) in [6.45, 7) is 14.3. The number of ether oxygens (including phenoxy) is 2. The van der Waals surface area contributed by atoms with Gasteiger partial charge in [0.25, 0.3) is 10.0 Å². The van der Waals surface area contributed by atoms with E-state index >= 15 is 0 Å². The summed E-state index contributed by atoms with van der Waals surface area (Å²) in [5.41, 5.74) is 13.1. The van der Waals surface area contributed by atoms with E-state index in [2.05, 4.69) is 15.0 Å². The molecule has 0 unspecified atom stereocenters. The number of nitrogens with zero attached hydrogens (tertiary/aromatic N) is 1. The summed E-state index contributed by atoms with van der Waals surface area (Å²) in [4.78, 5) is 27.5. The molecule has 1 aliphatic carbocycles. The molecule has 12 nitrogen and oxygen atoms in total. The second-order valence-electron chi connectivity index (χ2n) is 13.0. The molecule has 3 rings (SSSR count). The molecule has 0 spiro atoms. The van der Waals surface area contributed by atoms with Gasteiger partial charge < -0.3 is 31.4 Å². The summed E-state index contributed by atoms with van der Waals surface area (Å²) in [6.07, 6.45) is 6.70. The zero-order chi connectivity index (χ0) is 32.8. The van der Waals surface area contributed by atoms with Crippen LogP contribution in [0.2, 0.25) is 0 Å². The zero-order valence-corrected chi connectivity index (χ0v) is 27.7. The highest BCUT2D eigenvalue weighted by atomic mass is 32.2. The van der Waals surface area contributed by atoms with Gasteiger partial charge in [-0.05, 0) is 97.8 Å². The van der Waals surface area contributed by atoms with Crippen molar-refractivity contribution in [2.45, 2.75) is 135 Å². The van der Waals surface area contributed by atoms with Crippen LogP contribution in [0.3, 0.4) is 0 Å². The Hall–Kier alpha value is -3.06. The molecule has 43 heavy (non-hydrogen) atoms. The van der Waals surface area contributed by atoms with Crippen LogP contribution in [0.15, 0.2) is 9.89 Å². The minimum atomic E-state index is -4.03. The molecule has 244 valence electrons. The second-order valence-corrected chi connectivity index (χ2v) is 14.6. The van der Waals surface area contributed by atoms with Crippen LogP contribution < -0.4 is 26.2 Å². The predicted octanol–water partition coefficient (Wildman–Crippen LogP) is 3.95. The van der Waals surface area contributed by atoms with Gasteiger partial charge in [-0.3, -0.25) is 4.99 Å². The van der Waals surface area contributed by atoms with E-state index in [4.69, 9.17) is 20.9 Å². The topological polar surface area (TPSA) is 195 Å². The third-order valence-electron chi connectivity index (χ3n) is 7.37. The summed E-state index contributed by atoms with van der Waals surface area (Å²) < 4.78 is 39.9. The Balaban J connectivity index is 0.000000804. The molecule has 13 heteroatoms. The van der Waals surface area contributed by atoms with E-state index in [9.17, 15) is 23.1 Å². The molecule has 1 fully saturated rings. The molecule has 1 aliphatic heterocycles. The molecule has 0 radical (unpaired) electrons. The number of aliphatic carboxylic acids is 1. The Morgan fingerprint density at radius 1 is 1.12 bits per heavy atom. The normalized spacial score (nSPS) is 17.6. The zero-order valence-electron chi connectivity index (χ0n) is 26.9. The number of benzene rings is 1. The summed E-state index contributed by atoms with van der Waals surface area (Å²) >= 11 is 0. The van der Waals surface area contributed by atoms with Crippen LogP contribution in [0.5, 0.6) is 5.75 Å². The maximum absolute atomic E-state index is 13.2. The predicted molar refractivity (Wildman–Crippen MR) is 167 cm³/mol. The Bertz CT molecular complexity index is 1300. The van der Waals surface area contributed by atoms with E-state index in [0.717, 1.165) is 16.9 Å². The molecule has 0 saturated heterocycles. The number of aliphatic imine (C=N–C) groups is 1. The Morgan fingerprint density at radius 3 is 2.23 bits per heavy atom. The lowest BCUT2D eigenvalue weighted by Crippen LogP contribution is -2.43. The van der Waals surface area contributed by atoms with E-state index in [0.29, 0.717) is 23.6 Å². The van der Waals surface area contributed by atoms with E-state index < -0.39 is 39.3 Å². The lowest BCUT2D eigenvalue weighted by Gasteiger charge is -2.21. The van der Waals surface area contributed by atoms with Gasteiger partial charge in [-0.15, -0.1) is 0 Å². The molecule has 1 heterocycles. The van der Waals surface area contributed by atoms with Gasteiger partial charge in [0.05, 0.1) is 4.90 Å². The fourth-order valence-electron chi connectivity index (χ4n) is 5.20. The van der Waals surface area contributed by atoms with Gasteiger partial charge in [0.1, 0.15) is 23.0 Å². The molecule has 1 atom stereocenters. The van der Waals surface area contributed by atoms with Gasteiger partial charge in [-0.2, -0.15) is 0 Å². The number of guanidine groups is 1. The van der Waals surface area contributed by atoms with Crippen LogP contribution >= 0.6 is 0 Å². The van der Waals surface area contributed by atoms with Gasteiger partial charge in [-0.1, -0.05) is 19.3 Å². The molecule has 1 saturated carbocycles. The van der Waals surface area contributed by atoms with Crippen LogP contribution in [0.1, 0.15) is 102 Å². The number of amides is 1. The van der Waals surface area contributed by atoms with Crippen molar-refractivity contribution in [2.24, 2.45) is 16.5 Å². The van der Waals surface area contributed by atoms with Crippen molar-refractivity contribution in [3.8, 4) is 5.75 Å². The standard InChI is InChI=1S/C24H38N4O7S.C6H13N/c1-13-14(2)19(15(3)16-12-24(7,8)34-18(13)16)36(32,33)28-21(25)26-11-9-10-17(20(29)30)27-22(31)35-23(4,5)6;7-6-4-2-1-3-5-6/h17H,9-12H2,1-8H3,(H,27,31)(H,29,30)(H3,25,26,28);6H,1-5,7H2/t17-;/m0./s1. The molecular weight excluding hydrogens is 574 g/mol. The van der Waals surface area contributed by atoms with E-state index in [1.54, 1.807) is 34.6 Å². The number of rotatable bonds is 8. The number of fused-ring (bicyclic) bond motifs is 1. The summed E-state index contributed by atoms with van der Waals surface area (Å²) in [5, 5.41) is 11.7. The monoisotopic (exact) mass is 625 g/mol. The highest BCUT2D eigenvalue weighted by Crippen LogP contribution is 2.43. The Kier molecular flexibility index (Phi) is 12.3. The number of nitrogens with two attached hydrogens (primary N) is 2. The molecule has 1 aromatic carbocycles. The maximum atomic E-state index is 13.2. The number of carbonyl (C=O) groups is 2. The highest BCUT2D eigenvalue weighted by molar-refractivity contribution is 7.90. The van der Waals surface area contributed by atoms with Crippen molar-refractivity contribution < 1.29 is 32.6 Å². The first-order valence-electron chi connectivity index (χ1n) is 14.9. The molecule has 0 aromatic heterocycles. The molecule has 2 aliphatic rings. The lowest BCUT2D eigenvalue weighted by atomic mass is 9.94. The van der Waals surface area contributed by atoms with Gasteiger partial charge in [-0.25, -0.2) is 22.7 Å².